The first-order valence-corrected chi connectivity index (χ1v) is 11.2. The minimum absolute atomic E-state index is 0.0299. The Hall–Kier alpha value is -3.70. The number of hydrogen-bond acceptors (Lipinski definition) is 8. The highest BCUT2D eigenvalue weighted by atomic mass is 16.6. The second-order valence-electron chi connectivity index (χ2n) is 8.76. The summed E-state index contributed by atoms with van der Waals surface area (Å²) in [6.07, 6.45) is -2.23. The number of methoxy groups -OCH3 is 1. The molecule has 3 amide bonds. The lowest BCUT2D eigenvalue weighted by Crippen LogP contribution is -2.53. The minimum Gasteiger partial charge on any atom is -0.467 e. The van der Waals surface area contributed by atoms with Crippen molar-refractivity contribution >= 4 is 29.6 Å². The number of nitrogens with zero attached hydrogens (tertiary/aromatic N) is 1. The Kier molecular flexibility index (Phi) is 11.6. The molecule has 3 atom stereocenters. The highest BCUT2D eigenvalue weighted by molar-refractivity contribution is 5.90. The number of hydrogen-bond donors (Lipinski definition) is 3. The number of nitro groups is 1. The van der Waals surface area contributed by atoms with Crippen molar-refractivity contribution in [2.75, 3.05) is 14.2 Å². The number of carbonyl (C=O) groups is 4. The molecule has 0 saturated heterocycles. The maximum absolute atomic E-state index is 13.0. The van der Waals surface area contributed by atoms with E-state index in [9.17, 15) is 29.3 Å². The number of alkyl carbamates (subject to hydrolysis) is 1. The normalized spacial score (nSPS) is 13.4. The fourth-order valence-corrected chi connectivity index (χ4v) is 3.35. The van der Waals surface area contributed by atoms with Crippen LogP contribution in [0.25, 0.3) is 0 Å². The Morgan fingerprint density at radius 1 is 0.943 bits per heavy atom. The van der Waals surface area contributed by atoms with E-state index >= 15 is 0 Å². The third kappa shape index (κ3) is 9.22. The first-order valence-electron chi connectivity index (χ1n) is 11.2. The van der Waals surface area contributed by atoms with Crippen LogP contribution >= 0.6 is 0 Å². The molecule has 0 aromatic heterocycles. The number of rotatable bonds is 12. The molecule has 0 radical (unpaired) electrons. The van der Waals surface area contributed by atoms with Gasteiger partial charge in [-0.2, -0.15) is 0 Å². The van der Waals surface area contributed by atoms with Gasteiger partial charge in [0, 0.05) is 13.1 Å². The van der Waals surface area contributed by atoms with Gasteiger partial charge in [-0.3, -0.25) is 19.7 Å². The summed E-state index contributed by atoms with van der Waals surface area (Å²) in [6, 6.07) is 3.36. The topological polar surface area (TPSA) is 166 Å². The predicted octanol–water partition coefficient (Wildman–Crippen LogP) is 2.23. The smallest absolute Gasteiger partial charge is 0.408 e. The van der Waals surface area contributed by atoms with Gasteiger partial charge in [-0.25, -0.2) is 9.59 Å². The Morgan fingerprint density at radius 2 is 1.51 bits per heavy atom. The molecule has 0 aliphatic heterocycles. The number of likely N-dealkylation sites (N-methyl/N-ethyl adjacent to an activating group) is 1. The fourth-order valence-electron chi connectivity index (χ4n) is 3.35. The number of nitrogens with one attached hydrogen (secondary N) is 3. The zero-order chi connectivity index (χ0) is 26.7. The van der Waals surface area contributed by atoms with Gasteiger partial charge in [-0.1, -0.05) is 39.8 Å². The van der Waals surface area contributed by atoms with E-state index in [4.69, 9.17) is 9.47 Å². The van der Waals surface area contributed by atoms with Crippen LogP contribution in [0.15, 0.2) is 24.3 Å². The molecule has 0 bridgehead atoms. The number of para-hydroxylation sites is 1. The van der Waals surface area contributed by atoms with Gasteiger partial charge in [0.25, 0.3) is 11.6 Å². The van der Waals surface area contributed by atoms with Gasteiger partial charge in [0.1, 0.15) is 12.1 Å². The molecule has 194 valence electrons. The number of nitro benzene ring substituents is 1. The molecule has 0 aliphatic rings. The minimum atomic E-state index is -1.63. The number of ether oxygens (including phenoxy) is 2. The van der Waals surface area contributed by atoms with Gasteiger partial charge in [0.15, 0.2) is 0 Å². The Morgan fingerprint density at radius 3 is 2.03 bits per heavy atom. The summed E-state index contributed by atoms with van der Waals surface area (Å²) in [5, 5.41) is 18.7. The molecule has 0 aliphatic carbocycles. The van der Waals surface area contributed by atoms with E-state index in [0.29, 0.717) is 6.42 Å². The zero-order valence-electron chi connectivity index (χ0n) is 20.8. The lowest BCUT2D eigenvalue weighted by Gasteiger charge is -2.25. The summed E-state index contributed by atoms with van der Waals surface area (Å²) in [5.74, 6) is -1.99. The Balaban J connectivity index is 3.12. The van der Waals surface area contributed by atoms with Crippen molar-refractivity contribution in [2.45, 2.75) is 58.7 Å². The van der Waals surface area contributed by atoms with Crippen LogP contribution in [0.4, 0.5) is 10.5 Å². The number of amides is 3. The average Bonchev–Trinajstić information content (AvgIpc) is 2.79. The predicted molar refractivity (Wildman–Crippen MR) is 126 cm³/mol. The monoisotopic (exact) mass is 494 g/mol. The Bertz CT molecular complexity index is 919. The van der Waals surface area contributed by atoms with Crippen LogP contribution in [-0.2, 0) is 23.9 Å². The molecule has 35 heavy (non-hydrogen) atoms. The quantitative estimate of drug-likeness (QED) is 0.226. The molecule has 3 N–H and O–H groups in total. The second kappa shape index (κ2) is 13.9. The van der Waals surface area contributed by atoms with E-state index in [1.165, 1.54) is 38.4 Å². The SMILES string of the molecule is CNC(=O)C(OC(=O)N[C@@H](CC(C)C)C(=O)N[C@@H](CC(C)C)C(=O)OC)c1ccccc1[N+](=O)[O-]. The van der Waals surface area contributed by atoms with Crippen molar-refractivity contribution in [3.63, 3.8) is 0 Å². The van der Waals surface area contributed by atoms with Gasteiger partial charge < -0.3 is 25.4 Å². The van der Waals surface area contributed by atoms with Crippen molar-refractivity contribution in [3.8, 4) is 0 Å². The molecule has 1 aromatic carbocycles. The number of carbonyl (C=O) groups excluding carboxylic acids is 4. The number of benzene rings is 1. The highest BCUT2D eigenvalue weighted by Crippen LogP contribution is 2.28. The molecule has 1 rings (SSSR count). The summed E-state index contributed by atoms with van der Waals surface area (Å²) in [7, 11) is 2.51. The van der Waals surface area contributed by atoms with Gasteiger partial charge in [-0.05, 0) is 30.7 Å². The molecule has 0 fully saturated rings. The van der Waals surface area contributed by atoms with Crippen LogP contribution in [0.5, 0.6) is 0 Å². The highest BCUT2D eigenvalue weighted by Gasteiger charge is 2.33. The lowest BCUT2D eigenvalue weighted by molar-refractivity contribution is -0.386. The second-order valence-corrected chi connectivity index (χ2v) is 8.76. The molecular formula is C23H34N4O8. The molecule has 0 heterocycles. The molecule has 0 saturated carbocycles. The standard InChI is InChI=1S/C23H34N4O8/c1-13(2)11-16(20(28)25-17(12-14(3)4)22(30)34-6)26-23(31)35-19(21(29)24-5)15-9-7-8-10-18(15)27(32)33/h7-10,13-14,16-17,19H,11-12H2,1-6H3,(H,24,29)(H,25,28)(H,26,31)/t16-,17-,19?/m0/s1. The van der Waals surface area contributed by atoms with Gasteiger partial charge in [-0.15, -0.1) is 0 Å². The first kappa shape index (κ1) is 29.3. The van der Waals surface area contributed by atoms with E-state index in [1.807, 2.05) is 27.7 Å². The van der Waals surface area contributed by atoms with Crippen LogP contribution in [0.2, 0.25) is 0 Å². The van der Waals surface area contributed by atoms with Crippen molar-refractivity contribution in [3.05, 3.63) is 39.9 Å². The van der Waals surface area contributed by atoms with Crippen LogP contribution in [0, 0.1) is 22.0 Å². The third-order valence-corrected chi connectivity index (χ3v) is 4.95. The number of esters is 1. The maximum atomic E-state index is 13.0. The molecule has 1 aromatic rings. The van der Waals surface area contributed by atoms with E-state index in [-0.39, 0.29) is 23.8 Å². The van der Waals surface area contributed by atoms with Crippen molar-refractivity contribution < 1.29 is 33.6 Å². The van der Waals surface area contributed by atoms with Crippen LogP contribution in [-0.4, -0.2) is 55.0 Å². The molecule has 12 heteroatoms. The molecule has 1 unspecified atom stereocenters. The molecule has 12 nitrogen and oxygen atoms in total. The van der Waals surface area contributed by atoms with E-state index in [1.54, 1.807) is 0 Å². The average molecular weight is 495 g/mol. The van der Waals surface area contributed by atoms with Gasteiger partial charge >= 0.3 is 12.1 Å². The Labute approximate surface area is 204 Å². The van der Waals surface area contributed by atoms with E-state index in [2.05, 4.69) is 16.0 Å². The summed E-state index contributed by atoms with van der Waals surface area (Å²) >= 11 is 0. The summed E-state index contributed by atoms with van der Waals surface area (Å²) in [5.41, 5.74) is -0.528. The summed E-state index contributed by atoms with van der Waals surface area (Å²) in [6.45, 7) is 7.43. The van der Waals surface area contributed by atoms with E-state index < -0.39 is 52.7 Å². The summed E-state index contributed by atoms with van der Waals surface area (Å²) in [4.78, 5) is 60.9. The van der Waals surface area contributed by atoms with Crippen LogP contribution in [0.1, 0.15) is 52.2 Å². The van der Waals surface area contributed by atoms with Crippen molar-refractivity contribution in [1.29, 1.82) is 0 Å². The van der Waals surface area contributed by atoms with Gasteiger partial charge in [0.05, 0.1) is 17.6 Å². The van der Waals surface area contributed by atoms with Crippen LogP contribution in [0.3, 0.4) is 0 Å². The molecule has 0 spiro atoms. The van der Waals surface area contributed by atoms with Gasteiger partial charge in [0.2, 0.25) is 12.0 Å². The fraction of sp³-hybridized carbons (Fsp3) is 0.565. The van der Waals surface area contributed by atoms with E-state index in [0.717, 1.165) is 0 Å². The maximum Gasteiger partial charge on any atom is 0.408 e. The zero-order valence-corrected chi connectivity index (χ0v) is 20.8. The third-order valence-electron chi connectivity index (χ3n) is 4.95. The lowest BCUT2D eigenvalue weighted by atomic mass is 10.0. The largest absolute Gasteiger partial charge is 0.467 e. The molecular weight excluding hydrogens is 460 g/mol. The summed E-state index contributed by atoms with van der Waals surface area (Å²) < 4.78 is 10.0. The van der Waals surface area contributed by atoms with Crippen molar-refractivity contribution in [1.82, 2.24) is 16.0 Å². The first-order chi connectivity index (χ1) is 16.4. The van der Waals surface area contributed by atoms with Crippen LogP contribution < -0.4 is 16.0 Å². The van der Waals surface area contributed by atoms with Crippen molar-refractivity contribution in [2.24, 2.45) is 11.8 Å².